The molecule has 0 aliphatic heterocycles. The average Bonchev–Trinajstić information content (AvgIpc) is 3.51. The third-order valence-electron chi connectivity index (χ3n) is 18.3. The number of carbonyl (C=O) groups excluding carboxylic acids is 2. The maximum absolute atomic E-state index is 12.5. The number of esters is 1. The summed E-state index contributed by atoms with van der Waals surface area (Å²) in [5, 5.41) is 23.4. The first kappa shape index (κ1) is 82.3. The first-order valence-corrected chi connectivity index (χ1v) is 38.6. The molecular formula is C78H151NO5. The zero-order valence-electron chi connectivity index (χ0n) is 57.2. The van der Waals surface area contributed by atoms with Crippen LogP contribution in [0.4, 0.5) is 0 Å². The Hall–Kier alpha value is -1.66. The molecule has 0 fully saturated rings. The van der Waals surface area contributed by atoms with Crippen LogP contribution in [0.3, 0.4) is 0 Å². The quantitative estimate of drug-likeness (QED) is 0.0320. The number of nitrogens with one attached hydrogen (secondary N) is 1. The van der Waals surface area contributed by atoms with Crippen molar-refractivity contribution in [2.24, 2.45) is 0 Å². The van der Waals surface area contributed by atoms with Crippen molar-refractivity contribution in [1.82, 2.24) is 5.32 Å². The van der Waals surface area contributed by atoms with Crippen LogP contribution in [0.1, 0.15) is 438 Å². The summed E-state index contributed by atoms with van der Waals surface area (Å²) in [6, 6.07) is -0.537. The topological polar surface area (TPSA) is 95.9 Å². The third-order valence-corrected chi connectivity index (χ3v) is 18.3. The molecule has 0 bridgehead atoms. The van der Waals surface area contributed by atoms with Crippen LogP contribution in [0.15, 0.2) is 24.3 Å². The molecule has 0 aliphatic carbocycles. The molecule has 6 nitrogen and oxygen atoms in total. The van der Waals surface area contributed by atoms with Gasteiger partial charge >= 0.3 is 5.97 Å². The minimum absolute atomic E-state index is 0.00863. The van der Waals surface area contributed by atoms with E-state index in [-0.39, 0.29) is 18.5 Å². The number of hydrogen-bond acceptors (Lipinski definition) is 5. The van der Waals surface area contributed by atoms with E-state index in [1.807, 2.05) is 0 Å². The highest BCUT2D eigenvalue weighted by atomic mass is 16.5. The zero-order chi connectivity index (χ0) is 60.6. The highest BCUT2D eigenvalue weighted by Gasteiger charge is 2.20. The van der Waals surface area contributed by atoms with Gasteiger partial charge in [-0.25, -0.2) is 0 Å². The van der Waals surface area contributed by atoms with Gasteiger partial charge in [0.25, 0.3) is 0 Å². The van der Waals surface area contributed by atoms with Crippen molar-refractivity contribution in [1.29, 1.82) is 0 Å². The lowest BCUT2D eigenvalue weighted by atomic mass is 10.0. The van der Waals surface area contributed by atoms with Gasteiger partial charge in [0.2, 0.25) is 5.91 Å². The molecule has 0 heterocycles. The summed E-state index contributed by atoms with van der Waals surface area (Å²) < 4.78 is 5.49. The summed E-state index contributed by atoms with van der Waals surface area (Å²) in [6.07, 6.45) is 94.1. The van der Waals surface area contributed by atoms with E-state index in [1.165, 1.54) is 353 Å². The van der Waals surface area contributed by atoms with Crippen molar-refractivity contribution in [3.05, 3.63) is 24.3 Å². The number of aliphatic hydroxyl groups excluding tert-OH is 2. The first-order chi connectivity index (χ1) is 41.5. The minimum Gasteiger partial charge on any atom is -0.466 e. The molecule has 0 aromatic heterocycles. The normalized spacial score (nSPS) is 12.6. The standard InChI is InChI=1S/C78H151NO5/c1-3-5-7-9-11-13-15-17-19-20-40-43-46-50-54-58-62-66-70-76(81)75(74-80)79-77(82)71-67-63-59-55-51-47-44-41-38-36-34-32-30-28-26-24-22-21-23-25-27-29-31-33-35-37-39-42-45-49-53-57-61-65-69-73-84-78(83)72-68-64-60-56-52-48-18-16-14-12-10-8-6-4-2/h10,12,16,18,75-76,80-81H,3-9,11,13-15,17,19-74H2,1-2H3,(H,79,82)/b12-10-,18-16-. The Kier molecular flexibility index (Phi) is 72.3. The summed E-state index contributed by atoms with van der Waals surface area (Å²) in [4.78, 5) is 24.6. The Morgan fingerprint density at radius 2 is 0.607 bits per heavy atom. The van der Waals surface area contributed by atoms with Gasteiger partial charge in [0.1, 0.15) is 0 Å². The lowest BCUT2D eigenvalue weighted by molar-refractivity contribution is -0.143. The summed E-state index contributed by atoms with van der Waals surface area (Å²) >= 11 is 0. The number of rotatable bonds is 73. The Balaban J connectivity index is 3.31. The van der Waals surface area contributed by atoms with Crippen LogP contribution >= 0.6 is 0 Å². The number of unbranched alkanes of at least 4 members (excludes halogenated alkanes) is 58. The summed E-state index contributed by atoms with van der Waals surface area (Å²) in [7, 11) is 0. The van der Waals surface area contributed by atoms with Crippen molar-refractivity contribution in [2.75, 3.05) is 13.2 Å². The van der Waals surface area contributed by atoms with E-state index in [0.717, 1.165) is 51.4 Å². The smallest absolute Gasteiger partial charge is 0.305 e. The van der Waals surface area contributed by atoms with Crippen LogP contribution < -0.4 is 5.32 Å². The Morgan fingerprint density at radius 3 is 0.940 bits per heavy atom. The molecule has 498 valence electrons. The fraction of sp³-hybridized carbons (Fsp3) is 0.923. The second-order valence-corrected chi connectivity index (χ2v) is 26.7. The molecule has 0 radical (unpaired) electrons. The van der Waals surface area contributed by atoms with Gasteiger partial charge < -0.3 is 20.3 Å². The molecule has 0 saturated heterocycles. The number of allylic oxidation sites excluding steroid dienone is 4. The fourth-order valence-electron chi connectivity index (χ4n) is 12.4. The number of ether oxygens (including phenoxy) is 1. The van der Waals surface area contributed by atoms with Crippen LogP contribution in [0, 0.1) is 0 Å². The highest BCUT2D eigenvalue weighted by molar-refractivity contribution is 5.76. The molecule has 84 heavy (non-hydrogen) atoms. The number of aliphatic hydroxyl groups is 2. The van der Waals surface area contributed by atoms with Crippen LogP contribution in [0.25, 0.3) is 0 Å². The van der Waals surface area contributed by atoms with Gasteiger partial charge in [-0.05, 0) is 51.4 Å². The molecule has 2 unspecified atom stereocenters. The predicted molar refractivity (Wildman–Crippen MR) is 370 cm³/mol. The van der Waals surface area contributed by atoms with Crippen molar-refractivity contribution in [3.8, 4) is 0 Å². The second-order valence-electron chi connectivity index (χ2n) is 26.7. The van der Waals surface area contributed by atoms with Gasteiger partial charge in [0.05, 0.1) is 25.4 Å². The minimum atomic E-state index is -0.661. The maximum Gasteiger partial charge on any atom is 0.305 e. The van der Waals surface area contributed by atoms with E-state index in [0.29, 0.717) is 25.9 Å². The van der Waals surface area contributed by atoms with Crippen molar-refractivity contribution >= 4 is 11.9 Å². The molecule has 0 aromatic rings. The van der Waals surface area contributed by atoms with Crippen molar-refractivity contribution in [3.63, 3.8) is 0 Å². The van der Waals surface area contributed by atoms with E-state index >= 15 is 0 Å². The largest absolute Gasteiger partial charge is 0.466 e. The Bertz CT molecular complexity index is 1320. The number of carbonyl (C=O) groups is 2. The van der Waals surface area contributed by atoms with Gasteiger partial charge in [-0.2, -0.15) is 0 Å². The van der Waals surface area contributed by atoms with Gasteiger partial charge in [-0.15, -0.1) is 0 Å². The van der Waals surface area contributed by atoms with Crippen molar-refractivity contribution in [2.45, 2.75) is 450 Å². The molecule has 1 amide bonds. The molecular weight excluding hydrogens is 1030 g/mol. The molecule has 0 rings (SSSR count). The zero-order valence-corrected chi connectivity index (χ0v) is 57.2. The Morgan fingerprint density at radius 1 is 0.333 bits per heavy atom. The maximum atomic E-state index is 12.5. The molecule has 0 saturated carbocycles. The van der Waals surface area contributed by atoms with Crippen LogP contribution in [0.5, 0.6) is 0 Å². The molecule has 0 spiro atoms. The summed E-state index contributed by atoms with van der Waals surface area (Å²) in [6.45, 7) is 4.95. The molecule has 3 N–H and O–H groups in total. The van der Waals surface area contributed by atoms with Crippen molar-refractivity contribution < 1.29 is 24.5 Å². The van der Waals surface area contributed by atoms with Crippen LogP contribution in [0.2, 0.25) is 0 Å². The van der Waals surface area contributed by atoms with Crippen LogP contribution in [-0.2, 0) is 14.3 Å². The number of amides is 1. The molecule has 6 heteroatoms. The monoisotopic (exact) mass is 1180 g/mol. The molecule has 0 aliphatic rings. The molecule has 2 atom stereocenters. The van der Waals surface area contributed by atoms with Crippen LogP contribution in [-0.4, -0.2) is 47.4 Å². The lowest BCUT2D eigenvalue weighted by Gasteiger charge is -2.22. The van der Waals surface area contributed by atoms with E-state index in [2.05, 4.69) is 43.5 Å². The SMILES string of the molecule is CCCC/C=C\C/C=C\CCCCCCCC(=O)OCCCCCCCCCCCCCCCCCCCCCCCCCCCCCCCCCCCCCC(=O)NC(CO)C(O)CCCCCCCCCCCCCCCCCCCC. The van der Waals surface area contributed by atoms with E-state index in [1.54, 1.807) is 0 Å². The average molecular weight is 1180 g/mol. The lowest BCUT2D eigenvalue weighted by Crippen LogP contribution is -2.45. The van der Waals surface area contributed by atoms with E-state index in [4.69, 9.17) is 4.74 Å². The van der Waals surface area contributed by atoms with Gasteiger partial charge in [0.15, 0.2) is 0 Å². The van der Waals surface area contributed by atoms with Gasteiger partial charge in [-0.3, -0.25) is 9.59 Å². The second kappa shape index (κ2) is 73.8. The van der Waals surface area contributed by atoms with Gasteiger partial charge in [-0.1, -0.05) is 398 Å². The summed E-state index contributed by atoms with van der Waals surface area (Å²) in [5.74, 6) is -0.0165. The number of hydrogen-bond donors (Lipinski definition) is 3. The molecule has 0 aromatic carbocycles. The Labute approximate surface area is 526 Å². The predicted octanol–water partition coefficient (Wildman–Crippen LogP) is 25.3. The van der Waals surface area contributed by atoms with Gasteiger partial charge in [0, 0.05) is 12.8 Å². The summed E-state index contributed by atoms with van der Waals surface area (Å²) in [5.41, 5.74) is 0. The first-order valence-electron chi connectivity index (χ1n) is 38.6. The van der Waals surface area contributed by atoms with E-state index < -0.39 is 12.1 Å². The van der Waals surface area contributed by atoms with E-state index in [9.17, 15) is 19.8 Å². The highest BCUT2D eigenvalue weighted by Crippen LogP contribution is 2.20. The third kappa shape index (κ3) is 69.4. The fourth-order valence-corrected chi connectivity index (χ4v) is 12.4.